The van der Waals surface area contributed by atoms with Crippen LogP contribution in [0.3, 0.4) is 0 Å². The quantitative estimate of drug-likeness (QED) is 0.336. The molecule has 0 bridgehead atoms. The Balaban J connectivity index is 1.73. The second kappa shape index (κ2) is 9.05. The van der Waals surface area contributed by atoms with Gasteiger partial charge in [0.2, 0.25) is 11.2 Å². The number of carbonyl (C=O) groups is 1. The zero-order valence-electron chi connectivity index (χ0n) is 15.1. The Morgan fingerprint density at radius 1 is 1.11 bits per heavy atom. The molecule has 0 fully saturated rings. The molecular formula is C19H16N2O6S. The smallest absolute Gasteiger partial charge is 0.347 e. The van der Waals surface area contributed by atoms with Crippen LogP contribution >= 0.6 is 11.8 Å². The number of nitrogens with zero attached hydrogens (tertiary/aromatic N) is 2. The number of hydrogen-bond acceptors (Lipinski definition) is 9. The van der Waals surface area contributed by atoms with E-state index in [0.717, 1.165) is 6.26 Å². The molecule has 0 N–H and O–H groups in total. The Morgan fingerprint density at radius 2 is 1.89 bits per heavy atom. The number of carbonyl (C=O) groups excluding carboxylic acids is 1. The first-order chi connectivity index (χ1) is 13.6. The molecule has 0 saturated heterocycles. The number of esters is 1. The summed E-state index contributed by atoms with van der Waals surface area (Å²) in [6, 6.07) is 7.75. The minimum absolute atomic E-state index is 0.127. The van der Waals surface area contributed by atoms with Gasteiger partial charge < -0.3 is 18.6 Å². The van der Waals surface area contributed by atoms with Gasteiger partial charge in [0.05, 0.1) is 20.0 Å². The van der Waals surface area contributed by atoms with Gasteiger partial charge in [-0.05, 0) is 18.2 Å². The van der Waals surface area contributed by atoms with E-state index in [1.165, 1.54) is 38.1 Å². The molecular weight excluding hydrogens is 384 g/mol. The summed E-state index contributed by atoms with van der Waals surface area (Å²) in [5, 5.41) is 0.561. The van der Waals surface area contributed by atoms with E-state index in [1.54, 1.807) is 30.6 Å². The van der Waals surface area contributed by atoms with Crippen LogP contribution in [0.1, 0.15) is 16.1 Å². The molecule has 3 aromatic rings. The summed E-state index contributed by atoms with van der Waals surface area (Å²) in [6.07, 6.45) is 4.36. The van der Waals surface area contributed by atoms with Gasteiger partial charge in [-0.3, -0.25) is 4.79 Å². The maximum absolute atomic E-state index is 12.5. The summed E-state index contributed by atoms with van der Waals surface area (Å²) in [4.78, 5) is 32.9. The fourth-order valence-corrected chi connectivity index (χ4v) is 2.98. The van der Waals surface area contributed by atoms with E-state index in [1.807, 2.05) is 0 Å². The highest BCUT2D eigenvalue weighted by atomic mass is 32.2. The number of benzene rings is 1. The topological polar surface area (TPSA) is 101 Å². The summed E-state index contributed by atoms with van der Waals surface area (Å²) < 4.78 is 20.9. The number of hydrogen-bond donors (Lipinski definition) is 0. The lowest BCUT2D eigenvalue weighted by Gasteiger charge is -2.11. The van der Waals surface area contributed by atoms with Crippen LogP contribution in [0, 0.1) is 0 Å². The van der Waals surface area contributed by atoms with Crippen molar-refractivity contribution in [2.24, 2.45) is 0 Å². The number of aromatic nitrogens is 2. The third-order valence-electron chi connectivity index (χ3n) is 3.56. The molecule has 0 spiro atoms. The van der Waals surface area contributed by atoms with E-state index < -0.39 is 11.4 Å². The van der Waals surface area contributed by atoms with Crippen molar-refractivity contribution >= 4 is 17.7 Å². The second-order valence-corrected chi connectivity index (χ2v) is 6.27. The van der Waals surface area contributed by atoms with Gasteiger partial charge in [0.25, 0.3) is 0 Å². The van der Waals surface area contributed by atoms with Crippen LogP contribution in [0.5, 0.6) is 17.2 Å². The lowest BCUT2D eigenvalue weighted by atomic mass is 10.2. The van der Waals surface area contributed by atoms with Crippen molar-refractivity contribution in [3.8, 4) is 17.2 Å². The maximum Gasteiger partial charge on any atom is 0.347 e. The maximum atomic E-state index is 12.5. The highest BCUT2D eigenvalue weighted by Gasteiger charge is 2.20. The molecule has 0 saturated carbocycles. The molecule has 8 nitrogen and oxygen atoms in total. The molecule has 0 aliphatic heterocycles. The molecule has 0 amide bonds. The van der Waals surface area contributed by atoms with Crippen molar-refractivity contribution < 1.29 is 23.4 Å². The van der Waals surface area contributed by atoms with Crippen molar-refractivity contribution in [1.29, 1.82) is 0 Å². The normalized spacial score (nSPS) is 10.4. The van der Waals surface area contributed by atoms with Gasteiger partial charge in [-0.25, -0.2) is 14.8 Å². The minimum Gasteiger partial charge on any atom is -0.493 e. The average Bonchev–Trinajstić information content (AvgIpc) is 2.73. The molecule has 0 aliphatic rings. The Bertz CT molecular complexity index is 1020. The predicted molar refractivity (Wildman–Crippen MR) is 101 cm³/mol. The fourth-order valence-electron chi connectivity index (χ4n) is 2.29. The number of thioether (sulfide) groups is 1. The number of rotatable bonds is 7. The predicted octanol–water partition coefficient (Wildman–Crippen LogP) is 2.96. The van der Waals surface area contributed by atoms with E-state index in [9.17, 15) is 9.59 Å². The first kappa shape index (κ1) is 19.4. The van der Waals surface area contributed by atoms with Gasteiger partial charge in [-0.1, -0.05) is 17.8 Å². The molecule has 3 rings (SSSR count). The minimum atomic E-state index is -0.761. The van der Waals surface area contributed by atoms with Gasteiger partial charge in [-0.2, -0.15) is 0 Å². The first-order valence-electron chi connectivity index (χ1n) is 8.07. The third kappa shape index (κ3) is 4.49. The van der Waals surface area contributed by atoms with Crippen LogP contribution in [0.15, 0.2) is 63.4 Å². The van der Waals surface area contributed by atoms with Gasteiger partial charge >= 0.3 is 5.97 Å². The largest absolute Gasteiger partial charge is 0.493 e. The van der Waals surface area contributed by atoms with Crippen LogP contribution in [-0.2, 0) is 5.75 Å². The second-order valence-electron chi connectivity index (χ2n) is 5.33. The van der Waals surface area contributed by atoms with Crippen molar-refractivity contribution in [3.63, 3.8) is 0 Å². The van der Waals surface area contributed by atoms with Crippen LogP contribution in [0.2, 0.25) is 0 Å². The number of para-hydroxylation sites is 1. The van der Waals surface area contributed by atoms with Crippen molar-refractivity contribution in [3.05, 3.63) is 70.5 Å². The van der Waals surface area contributed by atoms with Gasteiger partial charge in [0, 0.05) is 18.5 Å². The van der Waals surface area contributed by atoms with E-state index in [4.69, 9.17) is 18.6 Å². The van der Waals surface area contributed by atoms with Gasteiger partial charge in [-0.15, -0.1) is 0 Å². The van der Waals surface area contributed by atoms with E-state index >= 15 is 0 Å². The van der Waals surface area contributed by atoms with Crippen molar-refractivity contribution in [1.82, 2.24) is 9.97 Å². The lowest BCUT2D eigenvalue weighted by Crippen LogP contribution is -2.15. The van der Waals surface area contributed by atoms with E-state index in [-0.39, 0.29) is 17.1 Å². The highest BCUT2D eigenvalue weighted by molar-refractivity contribution is 7.98. The highest BCUT2D eigenvalue weighted by Crippen LogP contribution is 2.31. The standard InChI is InChI=1S/C19H16N2O6S/c1-24-15-6-3-5-13(17(15)25-2)18(23)27-16-10-26-12(9-14(16)22)11-28-19-20-7-4-8-21-19/h3-10H,11H2,1-2H3. The van der Waals surface area contributed by atoms with Gasteiger partial charge in [0.15, 0.2) is 16.7 Å². The van der Waals surface area contributed by atoms with Crippen molar-refractivity contribution in [2.75, 3.05) is 14.2 Å². The van der Waals surface area contributed by atoms with Gasteiger partial charge in [0.1, 0.15) is 17.6 Å². The Morgan fingerprint density at radius 3 is 2.57 bits per heavy atom. The first-order valence-corrected chi connectivity index (χ1v) is 9.05. The Hall–Kier alpha value is -3.33. The van der Waals surface area contributed by atoms with Crippen molar-refractivity contribution in [2.45, 2.75) is 10.9 Å². The Labute approximate surface area is 164 Å². The van der Waals surface area contributed by atoms with E-state index in [0.29, 0.717) is 22.4 Å². The summed E-state index contributed by atoms with van der Waals surface area (Å²) >= 11 is 1.31. The lowest BCUT2D eigenvalue weighted by molar-refractivity contribution is 0.0724. The molecule has 0 unspecified atom stereocenters. The molecule has 28 heavy (non-hydrogen) atoms. The molecule has 2 heterocycles. The number of ether oxygens (including phenoxy) is 3. The van der Waals surface area contributed by atoms with Crippen LogP contribution in [-0.4, -0.2) is 30.2 Å². The molecule has 1 aromatic carbocycles. The number of methoxy groups -OCH3 is 2. The average molecular weight is 400 g/mol. The summed E-state index contributed by atoms with van der Waals surface area (Å²) in [5.74, 6) is 0.371. The SMILES string of the molecule is COc1cccc(C(=O)Oc2coc(CSc3ncccn3)cc2=O)c1OC. The molecule has 2 aromatic heterocycles. The summed E-state index contributed by atoms with van der Waals surface area (Å²) in [7, 11) is 2.87. The summed E-state index contributed by atoms with van der Waals surface area (Å²) in [5.41, 5.74) is -0.354. The van der Waals surface area contributed by atoms with Crippen LogP contribution in [0.4, 0.5) is 0 Å². The zero-order chi connectivity index (χ0) is 19.9. The molecule has 0 radical (unpaired) electrons. The monoisotopic (exact) mass is 400 g/mol. The molecule has 0 aliphatic carbocycles. The van der Waals surface area contributed by atoms with Crippen LogP contribution < -0.4 is 19.6 Å². The molecule has 9 heteroatoms. The van der Waals surface area contributed by atoms with E-state index in [2.05, 4.69) is 9.97 Å². The molecule has 144 valence electrons. The third-order valence-corrected chi connectivity index (χ3v) is 4.46. The van der Waals surface area contributed by atoms with Crippen LogP contribution in [0.25, 0.3) is 0 Å². The Kier molecular flexibility index (Phi) is 6.28. The summed E-state index contributed by atoms with van der Waals surface area (Å²) in [6.45, 7) is 0. The zero-order valence-corrected chi connectivity index (χ0v) is 15.9. The molecule has 0 atom stereocenters. The fraction of sp³-hybridized carbons (Fsp3) is 0.158.